The largest absolute Gasteiger partial charge is 0.299 e. The van der Waals surface area contributed by atoms with Gasteiger partial charge in [-0.25, -0.2) is 0 Å². The van der Waals surface area contributed by atoms with Crippen LogP contribution in [0.3, 0.4) is 0 Å². The summed E-state index contributed by atoms with van der Waals surface area (Å²) in [7, 11) is 0. The number of terminal acetylenes is 1. The predicted molar refractivity (Wildman–Crippen MR) is 62.0 cm³/mol. The maximum atomic E-state index is 5.23. The standard InChI is InChI=1S/C12H12BrN/c1-2-8-14-12-7-6-9-10(12)4-3-5-11(9)13/h1,3-5,12,14H,6-8H2. The fourth-order valence-corrected chi connectivity index (χ4v) is 2.58. The summed E-state index contributed by atoms with van der Waals surface area (Å²) in [6.45, 7) is 0.649. The second-order valence-corrected chi connectivity index (χ2v) is 4.34. The monoisotopic (exact) mass is 249 g/mol. The Morgan fingerprint density at radius 3 is 3.21 bits per heavy atom. The molecule has 0 bridgehead atoms. The predicted octanol–water partition coefficient (Wildman–Crippen LogP) is 2.66. The van der Waals surface area contributed by atoms with Gasteiger partial charge in [0.15, 0.2) is 0 Å². The average molecular weight is 250 g/mol. The Hall–Kier alpha value is -0.780. The van der Waals surface area contributed by atoms with E-state index in [0.717, 1.165) is 12.8 Å². The molecule has 0 saturated carbocycles. The van der Waals surface area contributed by atoms with Crippen LogP contribution in [-0.2, 0) is 6.42 Å². The molecule has 1 unspecified atom stereocenters. The molecule has 0 aromatic heterocycles. The minimum Gasteiger partial charge on any atom is -0.299 e. The molecule has 0 heterocycles. The van der Waals surface area contributed by atoms with Crippen molar-refractivity contribution in [3.05, 3.63) is 33.8 Å². The summed E-state index contributed by atoms with van der Waals surface area (Å²) in [4.78, 5) is 0. The van der Waals surface area contributed by atoms with E-state index < -0.39 is 0 Å². The molecule has 0 aliphatic heterocycles. The first-order valence-electron chi connectivity index (χ1n) is 4.77. The third-order valence-electron chi connectivity index (χ3n) is 2.66. The van der Waals surface area contributed by atoms with Crippen LogP contribution in [0.1, 0.15) is 23.6 Å². The van der Waals surface area contributed by atoms with E-state index in [-0.39, 0.29) is 0 Å². The lowest BCUT2D eigenvalue weighted by Gasteiger charge is -2.11. The molecular formula is C12H12BrN. The number of benzene rings is 1. The van der Waals surface area contributed by atoms with Crippen molar-refractivity contribution >= 4 is 15.9 Å². The Morgan fingerprint density at radius 1 is 1.57 bits per heavy atom. The lowest BCUT2D eigenvalue weighted by atomic mass is 10.1. The number of rotatable bonds is 2. The van der Waals surface area contributed by atoms with E-state index in [4.69, 9.17) is 6.42 Å². The van der Waals surface area contributed by atoms with Crippen LogP contribution >= 0.6 is 15.9 Å². The van der Waals surface area contributed by atoms with Crippen molar-refractivity contribution in [1.29, 1.82) is 0 Å². The maximum Gasteiger partial charge on any atom is 0.0578 e. The lowest BCUT2D eigenvalue weighted by molar-refractivity contribution is 0.568. The molecule has 72 valence electrons. The molecule has 1 aromatic carbocycles. The molecule has 14 heavy (non-hydrogen) atoms. The number of halogens is 1. The molecule has 1 atom stereocenters. The van der Waals surface area contributed by atoms with Crippen molar-refractivity contribution in [2.45, 2.75) is 18.9 Å². The number of nitrogens with one attached hydrogen (secondary N) is 1. The Labute approximate surface area is 93.0 Å². The third kappa shape index (κ3) is 1.70. The quantitative estimate of drug-likeness (QED) is 0.796. The summed E-state index contributed by atoms with van der Waals surface area (Å²) in [5.41, 5.74) is 2.83. The SMILES string of the molecule is C#CCNC1CCc2c(Br)cccc21. The lowest BCUT2D eigenvalue weighted by Crippen LogP contribution is -2.19. The van der Waals surface area contributed by atoms with Crippen LogP contribution in [0.25, 0.3) is 0 Å². The van der Waals surface area contributed by atoms with Gasteiger partial charge in [0.25, 0.3) is 0 Å². The highest BCUT2D eigenvalue weighted by Gasteiger charge is 2.22. The zero-order chi connectivity index (χ0) is 9.97. The van der Waals surface area contributed by atoms with Gasteiger partial charge in [-0.3, -0.25) is 5.32 Å². The molecular weight excluding hydrogens is 238 g/mol. The molecule has 1 aliphatic rings. The van der Waals surface area contributed by atoms with Gasteiger partial charge < -0.3 is 0 Å². The van der Waals surface area contributed by atoms with Crippen molar-refractivity contribution in [1.82, 2.24) is 5.32 Å². The number of hydrogen-bond donors (Lipinski definition) is 1. The summed E-state index contributed by atoms with van der Waals surface area (Å²) >= 11 is 3.57. The second-order valence-electron chi connectivity index (χ2n) is 3.48. The smallest absolute Gasteiger partial charge is 0.0578 e. The van der Waals surface area contributed by atoms with Crippen LogP contribution in [0, 0.1) is 12.3 Å². The first kappa shape index (κ1) is 9.76. The van der Waals surface area contributed by atoms with E-state index in [0.29, 0.717) is 12.6 Å². The van der Waals surface area contributed by atoms with Crippen molar-refractivity contribution < 1.29 is 0 Å². The summed E-state index contributed by atoms with van der Waals surface area (Å²) < 4.78 is 1.22. The summed E-state index contributed by atoms with van der Waals surface area (Å²) in [5.74, 6) is 2.62. The van der Waals surface area contributed by atoms with Crippen molar-refractivity contribution in [3.63, 3.8) is 0 Å². The normalized spacial score (nSPS) is 19.0. The molecule has 1 aromatic rings. The van der Waals surface area contributed by atoms with Crippen LogP contribution < -0.4 is 5.32 Å². The van der Waals surface area contributed by atoms with Gasteiger partial charge in [0.05, 0.1) is 6.54 Å². The molecule has 0 saturated heterocycles. The summed E-state index contributed by atoms with van der Waals surface area (Å²) in [6, 6.07) is 6.81. The van der Waals surface area contributed by atoms with E-state index in [9.17, 15) is 0 Å². The molecule has 0 spiro atoms. The third-order valence-corrected chi connectivity index (χ3v) is 3.41. The summed E-state index contributed by atoms with van der Waals surface area (Å²) in [6.07, 6.45) is 7.53. The molecule has 0 fully saturated rings. The van der Waals surface area contributed by atoms with Crippen molar-refractivity contribution in [2.24, 2.45) is 0 Å². The Kier molecular flexibility index (Phi) is 2.90. The van der Waals surface area contributed by atoms with E-state index in [2.05, 4.69) is 45.4 Å². The molecule has 1 N–H and O–H groups in total. The highest BCUT2D eigenvalue weighted by atomic mass is 79.9. The fourth-order valence-electron chi connectivity index (χ4n) is 2.00. The van der Waals surface area contributed by atoms with Gasteiger partial charge in [0.1, 0.15) is 0 Å². The maximum absolute atomic E-state index is 5.23. The van der Waals surface area contributed by atoms with Crippen LogP contribution in [0.2, 0.25) is 0 Å². The minimum absolute atomic E-state index is 0.443. The molecule has 1 nitrogen and oxygen atoms in total. The van der Waals surface area contributed by atoms with Crippen LogP contribution in [0.5, 0.6) is 0 Å². The zero-order valence-corrected chi connectivity index (χ0v) is 9.47. The second kappa shape index (κ2) is 4.16. The summed E-state index contributed by atoms with van der Waals surface area (Å²) in [5, 5.41) is 3.36. The first-order chi connectivity index (χ1) is 6.83. The minimum atomic E-state index is 0.443. The van der Waals surface area contributed by atoms with Crippen molar-refractivity contribution in [3.8, 4) is 12.3 Å². The number of fused-ring (bicyclic) bond motifs is 1. The van der Waals surface area contributed by atoms with E-state index in [1.807, 2.05) is 0 Å². The molecule has 0 amide bonds. The van der Waals surface area contributed by atoms with Gasteiger partial charge in [-0.15, -0.1) is 6.42 Å². The topological polar surface area (TPSA) is 12.0 Å². The van der Waals surface area contributed by atoms with Gasteiger partial charge in [-0.1, -0.05) is 34.0 Å². The van der Waals surface area contributed by atoms with Gasteiger partial charge in [-0.2, -0.15) is 0 Å². The molecule has 0 radical (unpaired) electrons. The van der Waals surface area contributed by atoms with Crippen LogP contribution in [0.4, 0.5) is 0 Å². The molecule has 1 aliphatic carbocycles. The van der Waals surface area contributed by atoms with E-state index in [1.54, 1.807) is 0 Å². The Balaban J connectivity index is 2.23. The van der Waals surface area contributed by atoms with Gasteiger partial charge >= 0.3 is 0 Å². The van der Waals surface area contributed by atoms with Gasteiger partial charge in [0.2, 0.25) is 0 Å². The Bertz CT molecular complexity index is 378. The van der Waals surface area contributed by atoms with Gasteiger partial charge in [0, 0.05) is 10.5 Å². The van der Waals surface area contributed by atoms with E-state index >= 15 is 0 Å². The molecule has 2 heteroatoms. The first-order valence-corrected chi connectivity index (χ1v) is 5.56. The highest BCUT2D eigenvalue weighted by molar-refractivity contribution is 9.10. The Morgan fingerprint density at radius 2 is 2.43 bits per heavy atom. The zero-order valence-electron chi connectivity index (χ0n) is 7.89. The van der Waals surface area contributed by atoms with Crippen LogP contribution in [-0.4, -0.2) is 6.54 Å². The number of hydrogen-bond acceptors (Lipinski definition) is 1. The van der Waals surface area contributed by atoms with Gasteiger partial charge in [-0.05, 0) is 30.0 Å². The fraction of sp³-hybridized carbons (Fsp3) is 0.333. The van der Waals surface area contributed by atoms with Crippen LogP contribution in [0.15, 0.2) is 22.7 Å². The average Bonchev–Trinajstić information content (AvgIpc) is 2.60. The van der Waals surface area contributed by atoms with E-state index in [1.165, 1.54) is 15.6 Å². The highest BCUT2D eigenvalue weighted by Crippen LogP contribution is 2.35. The molecule has 2 rings (SSSR count). The van der Waals surface area contributed by atoms with Crippen molar-refractivity contribution in [2.75, 3.05) is 6.54 Å².